The molecule has 0 rings (SSSR count). The molecule has 0 heterocycles. The first-order chi connectivity index (χ1) is 7.45. The molecule has 0 fully saturated rings. The highest BCUT2D eigenvalue weighted by Gasteiger charge is 2.13. The number of hydrogen-bond donors (Lipinski definition) is 3. The van der Waals surface area contributed by atoms with Gasteiger partial charge in [-0.05, 0) is 6.42 Å². The smallest absolute Gasteiger partial charge is 0.305 e. The summed E-state index contributed by atoms with van der Waals surface area (Å²) in [4.78, 5) is 32.3. The molecule has 1 unspecified atom stereocenters. The highest BCUT2D eigenvalue weighted by atomic mass is 16.4. The number of amides is 2. The van der Waals surface area contributed by atoms with Crippen molar-refractivity contribution in [3.05, 3.63) is 0 Å². The molecule has 0 radical (unpaired) electrons. The Morgan fingerprint density at radius 1 is 1.31 bits per heavy atom. The van der Waals surface area contributed by atoms with Gasteiger partial charge in [0.1, 0.15) is 0 Å². The van der Waals surface area contributed by atoms with E-state index in [9.17, 15) is 14.4 Å². The number of hydrogen-bond acceptors (Lipinski definition) is 3. The minimum Gasteiger partial charge on any atom is -0.481 e. The maximum Gasteiger partial charge on any atom is 0.305 e. The lowest BCUT2D eigenvalue weighted by Crippen LogP contribution is -2.37. The molecule has 0 spiro atoms. The van der Waals surface area contributed by atoms with Crippen LogP contribution in [0.2, 0.25) is 0 Å². The van der Waals surface area contributed by atoms with E-state index in [4.69, 9.17) is 5.11 Å². The fourth-order valence-electron chi connectivity index (χ4n) is 1.16. The third-order valence-corrected chi connectivity index (χ3v) is 2.00. The van der Waals surface area contributed by atoms with Crippen molar-refractivity contribution in [2.75, 3.05) is 6.54 Å². The third kappa shape index (κ3) is 7.78. The largest absolute Gasteiger partial charge is 0.481 e. The normalized spacial score (nSPS) is 11.6. The van der Waals surface area contributed by atoms with Gasteiger partial charge in [0.15, 0.2) is 0 Å². The van der Waals surface area contributed by atoms with Crippen molar-refractivity contribution >= 4 is 17.8 Å². The summed E-state index contributed by atoms with van der Waals surface area (Å²) in [5.74, 6) is -1.37. The topological polar surface area (TPSA) is 95.5 Å². The van der Waals surface area contributed by atoms with Crippen LogP contribution in [0.15, 0.2) is 0 Å². The SMILES string of the molecule is CCC(CC(=O)O)NC(=O)CCNC(C)=O. The van der Waals surface area contributed by atoms with Gasteiger partial charge in [-0.25, -0.2) is 0 Å². The summed E-state index contributed by atoms with van der Waals surface area (Å²) >= 11 is 0. The number of carbonyl (C=O) groups is 3. The van der Waals surface area contributed by atoms with Crippen LogP contribution < -0.4 is 10.6 Å². The van der Waals surface area contributed by atoms with E-state index in [1.54, 1.807) is 0 Å². The van der Waals surface area contributed by atoms with Crippen LogP contribution in [-0.4, -0.2) is 35.5 Å². The number of nitrogens with one attached hydrogen (secondary N) is 2. The molecular formula is C10H18N2O4. The Bertz CT molecular complexity index is 266. The molecule has 6 nitrogen and oxygen atoms in total. The zero-order valence-corrected chi connectivity index (χ0v) is 9.58. The second-order valence-corrected chi connectivity index (χ2v) is 3.50. The highest BCUT2D eigenvalue weighted by Crippen LogP contribution is 1.97. The third-order valence-electron chi connectivity index (χ3n) is 2.00. The van der Waals surface area contributed by atoms with E-state index in [-0.39, 0.29) is 37.2 Å². The number of rotatable bonds is 7. The average Bonchev–Trinajstić information content (AvgIpc) is 2.15. The van der Waals surface area contributed by atoms with Gasteiger partial charge in [0.25, 0.3) is 0 Å². The molecule has 16 heavy (non-hydrogen) atoms. The van der Waals surface area contributed by atoms with Gasteiger partial charge >= 0.3 is 5.97 Å². The number of carboxylic acid groups (broad SMARTS) is 1. The Hall–Kier alpha value is -1.59. The van der Waals surface area contributed by atoms with Gasteiger partial charge in [-0.15, -0.1) is 0 Å². The van der Waals surface area contributed by atoms with Crippen LogP contribution >= 0.6 is 0 Å². The lowest BCUT2D eigenvalue weighted by molar-refractivity contribution is -0.137. The predicted molar refractivity (Wildman–Crippen MR) is 57.8 cm³/mol. The highest BCUT2D eigenvalue weighted by molar-refractivity contribution is 5.78. The molecule has 0 saturated carbocycles. The average molecular weight is 230 g/mol. The molecule has 0 aromatic heterocycles. The van der Waals surface area contributed by atoms with Gasteiger partial charge in [-0.1, -0.05) is 6.92 Å². The molecule has 1 atom stereocenters. The Kier molecular flexibility index (Phi) is 6.91. The Morgan fingerprint density at radius 2 is 1.94 bits per heavy atom. The quantitative estimate of drug-likeness (QED) is 0.568. The first-order valence-electron chi connectivity index (χ1n) is 5.21. The van der Waals surface area contributed by atoms with Crippen molar-refractivity contribution in [2.24, 2.45) is 0 Å². The summed E-state index contributed by atoms with van der Waals surface area (Å²) in [5, 5.41) is 13.7. The van der Waals surface area contributed by atoms with Crippen LogP contribution in [0.25, 0.3) is 0 Å². The fourth-order valence-corrected chi connectivity index (χ4v) is 1.16. The van der Waals surface area contributed by atoms with Crippen LogP contribution in [0.4, 0.5) is 0 Å². The lowest BCUT2D eigenvalue weighted by Gasteiger charge is -2.14. The zero-order valence-electron chi connectivity index (χ0n) is 9.58. The molecule has 92 valence electrons. The maximum absolute atomic E-state index is 11.3. The van der Waals surface area contributed by atoms with Crippen LogP contribution in [0, 0.1) is 0 Å². The molecule has 0 saturated heterocycles. The standard InChI is InChI=1S/C10H18N2O4/c1-3-8(6-10(15)16)12-9(14)4-5-11-7(2)13/h8H,3-6H2,1-2H3,(H,11,13)(H,12,14)(H,15,16). The fraction of sp³-hybridized carbons (Fsp3) is 0.700. The molecule has 0 aromatic carbocycles. The first kappa shape index (κ1) is 14.4. The first-order valence-corrected chi connectivity index (χ1v) is 5.21. The lowest BCUT2D eigenvalue weighted by atomic mass is 10.1. The van der Waals surface area contributed by atoms with Crippen molar-refractivity contribution in [3.8, 4) is 0 Å². The summed E-state index contributed by atoms with van der Waals surface area (Å²) in [5.41, 5.74) is 0. The Labute approximate surface area is 94.4 Å². The second kappa shape index (κ2) is 7.67. The summed E-state index contributed by atoms with van der Waals surface area (Å²) in [6.07, 6.45) is 0.649. The molecule has 6 heteroatoms. The molecule has 2 amide bonds. The van der Waals surface area contributed by atoms with Gasteiger partial charge in [-0.2, -0.15) is 0 Å². The summed E-state index contributed by atoms with van der Waals surface area (Å²) < 4.78 is 0. The van der Waals surface area contributed by atoms with E-state index in [0.29, 0.717) is 6.42 Å². The Morgan fingerprint density at radius 3 is 2.38 bits per heavy atom. The number of carbonyl (C=O) groups excluding carboxylic acids is 2. The molecule has 0 aliphatic heterocycles. The molecule has 0 aliphatic carbocycles. The molecule has 0 aromatic rings. The van der Waals surface area contributed by atoms with E-state index in [2.05, 4.69) is 10.6 Å². The van der Waals surface area contributed by atoms with Gasteiger partial charge in [0, 0.05) is 25.9 Å². The van der Waals surface area contributed by atoms with Gasteiger partial charge < -0.3 is 15.7 Å². The predicted octanol–water partition coefficient (Wildman–Crippen LogP) is -0.118. The van der Waals surface area contributed by atoms with Crippen molar-refractivity contribution in [1.29, 1.82) is 0 Å². The van der Waals surface area contributed by atoms with Crippen molar-refractivity contribution in [2.45, 2.75) is 39.2 Å². The van der Waals surface area contributed by atoms with E-state index in [1.807, 2.05) is 6.92 Å². The second-order valence-electron chi connectivity index (χ2n) is 3.50. The van der Waals surface area contributed by atoms with Crippen LogP contribution in [0.1, 0.15) is 33.1 Å². The number of aliphatic carboxylic acids is 1. The maximum atomic E-state index is 11.3. The molecular weight excluding hydrogens is 212 g/mol. The van der Waals surface area contributed by atoms with Gasteiger partial charge in [0.2, 0.25) is 11.8 Å². The van der Waals surface area contributed by atoms with Crippen LogP contribution in [-0.2, 0) is 14.4 Å². The van der Waals surface area contributed by atoms with Crippen molar-refractivity contribution in [1.82, 2.24) is 10.6 Å². The summed E-state index contributed by atoms with van der Waals surface area (Å²) in [6, 6.07) is -0.345. The Balaban J connectivity index is 3.82. The van der Waals surface area contributed by atoms with Crippen LogP contribution in [0.5, 0.6) is 0 Å². The monoisotopic (exact) mass is 230 g/mol. The summed E-state index contributed by atoms with van der Waals surface area (Å²) in [6.45, 7) is 3.45. The minimum absolute atomic E-state index is 0.0810. The van der Waals surface area contributed by atoms with E-state index in [1.165, 1.54) is 6.92 Å². The van der Waals surface area contributed by atoms with Crippen molar-refractivity contribution < 1.29 is 19.5 Å². The molecule has 0 bridgehead atoms. The van der Waals surface area contributed by atoms with E-state index >= 15 is 0 Å². The van der Waals surface area contributed by atoms with E-state index < -0.39 is 5.97 Å². The van der Waals surface area contributed by atoms with Crippen molar-refractivity contribution in [3.63, 3.8) is 0 Å². The van der Waals surface area contributed by atoms with Crippen LogP contribution in [0.3, 0.4) is 0 Å². The molecule has 3 N–H and O–H groups in total. The molecule has 0 aliphatic rings. The van der Waals surface area contributed by atoms with E-state index in [0.717, 1.165) is 0 Å². The van der Waals surface area contributed by atoms with Gasteiger partial charge in [-0.3, -0.25) is 14.4 Å². The van der Waals surface area contributed by atoms with Gasteiger partial charge in [0.05, 0.1) is 6.42 Å². The summed E-state index contributed by atoms with van der Waals surface area (Å²) in [7, 11) is 0. The number of carboxylic acids is 1. The minimum atomic E-state index is -0.936. The zero-order chi connectivity index (χ0) is 12.6.